The number of thioether (sulfide) groups is 2. The van der Waals surface area contributed by atoms with E-state index in [0.717, 1.165) is 5.69 Å². The quantitative estimate of drug-likeness (QED) is 0.745. The highest BCUT2D eigenvalue weighted by Gasteiger charge is 2.60. The second-order valence-corrected chi connectivity index (χ2v) is 9.98. The molecule has 1 saturated carbocycles. The average Bonchev–Trinajstić information content (AvgIpc) is 2.87. The third kappa shape index (κ3) is 3.63. The summed E-state index contributed by atoms with van der Waals surface area (Å²) in [6.07, 6.45) is 2.24. The zero-order chi connectivity index (χ0) is 16.6. The number of nitrogens with one attached hydrogen (secondary N) is 1. The van der Waals surface area contributed by atoms with Crippen molar-refractivity contribution in [1.29, 1.82) is 0 Å². The molecule has 0 aromatic heterocycles. The number of hydrogen-bond donors (Lipinski definition) is 1. The van der Waals surface area contributed by atoms with E-state index in [1.165, 1.54) is 22.6 Å². The Balaban J connectivity index is 1.69. The Kier molecular flexibility index (Phi) is 4.84. The Bertz CT molecular complexity index is 628. The van der Waals surface area contributed by atoms with Crippen LogP contribution in [0.2, 0.25) is 0 Å². The fraction of sp³-hybridized carbons (Fsp3) is 0.526. The van der Waals surface area contributed by atoms with Crippen LogP contribution >= 0.6 is 23.5 Å². The van der Waals surface area contributed by atoms with Gasteiger partial charge in [0.2, 0.25) is 5.91 Å². The third-order valence-electron chi connectivity index (χ3n) is 4.75. The van der Waals surface area contributed by atoms with Gasteiger partial charge in [0.1, 0.15) is 0 Å². The lowest BCUT2D eigenvalue weighted by molar-refractivity contribution is -0.118. The van der Waals surface area contributed by atoms with Gasteiger partial charge < -0.3 is 5.32 Å². The minimum Gasteiger partial charge on any atom is -0.326 e. The molecule has 1 aliphatic heterocycles. The van der Waals surface area contributed by atoms with Crippen LogP contribution in [0.3, 0.4) is 0 Å². The molecular formula is C19H25NOS2. The predicted molar refractivity (Wildman–Crippen MR) is 103 cm³/mol. The Morgan fingerprint density at radius 3 is 2.61 bits per heavy atom. The number of amides is 1. The first-order chi connectivity index (χ1) is 10.9. The lowest BCUT2D eigenvalue weighted by Crippen LogP contribution is -2.17. The van der Waals surface area contributed by atoms with Crippen LogP contribution in [0.15, 0.2) is 35.9 Å². The van der Waals surface area contributed by atoms with Crippen LogP contribution in [-0.2, 0) is 4.79 Å². The van der Waals surface area contributed by atoms with Crippen LogP contribution < -0.4 is 5.32 Å². The van der Waals surface area contributed by atoms with E-state index >= 15 is 0 Å². The van der Waals surface area contributed by atoms with Gasteiger partial charge in [-0.3, -0.25) is 4.79 Å². The molecule has 1 amide bonds. The number of allylic oxidation sites excluding steroid dienone is 2. The van der Waals surface area contributed by atoms with E-state index in [0.29, 0.717) is 10.5 Å². The van der Waals surface area contributed by atoms with Crippen molar-refractivity contribution in [2.24, 2.45) is 17.3 Å². The smallest absolute Gasteiger partial charge is 0.228 e. The van der Waals surface area contributed by atoms with Gasteiger partial charge in [0, 0.05) is 17.2 Å². The molecule has 1 N–H and O–H groups in total. The van der Waals surface area contributed by atoms with E-state index < -0.39 is 0 Å². The van der Waals surface area contributed by atoms with E-state index in [2.05, 4.69) is 57.3 Å². The molecule has 2 aliphatic rings. The maximum absolute atomic E-state index is 12.7. The topological polar surface area (TPSA) is 29.1 Å². The Labute approximate surface area is 147 Å². The molecule has 2 fully saturated rings. The van der Waals surface area contributed by atoms with Gasteiger partial charge in [-0.1, -0.05) is 37.6 Å². The zero-order valence-electron chi connectivity index (χ0n) is 14.3. The first kappa shape index (κ1) is 17.0. The standard InChI is InChI=1S/C19H25NOS2/c1-12(2)10-15-16(19(15,3)4)17(21)20-14-7-5-6-13(11-14)18-22-8-9-23-18/h5-7,10-11,15-16,18H,8-9H2,1-4H3,(H,20,21). The average molecular weight is 348 g/mol. The van der Waals surface area contributed by atoms with Crippen molar-refractivity contribution in [3.63, 3.8) is 0 Å². The largest absolute Gasteiger partial charge is 0.326 e. The lowest BCUT2D eigenvalue weighted by Gasteiger charge is -2.11. The number of carbonyl (C=O) groups is 1. The van der Waals surface area contributed by atoms with Gasteiger partial charge in [0.25, 0.3) is 0 Å². The normalized spacial score (nSPS) is 25.9. The van der Waals surface area contributed by atoms with Crippen molar-refractivity contribution in [3.05, 3.63) is 41.5 Å². The van der Waals surface area contributed by atoms with Crippen LogP contribution in [0.1, 0.15) is 37.8 Å². The third-order valence-corrected chi connectivity index (χ3v) is 7.86. The molecule has 4 heteroatoms. The Morgan fingerprint density at radius 1 is 1.26 bits per heavy atom. The summed E-state index contributed by atoms with van der Waals surface area (Å²) in [5.41, 5.74) is 3.59. The van der Waals surface area contributed by atoms with Gasteiger partial charge in [-0.15, -0.1) is 23.5 Å². The highest BCUT2D eigenvalue weighted by atomic mass is 32.2. The Morgan fingerprint density at radius 2 is 1.96 bits per heavy atom. The molecule has 23 heavy (non-hydrogen) atoms. The number of carbonyl (C=O) groups excluding carboxylic acids is 1. The molecule has 2 nitrogen and oxygen atoms in total. The summed E-state index contributed by atoms with van der Waals surface area (Å²) in [6, 6.07) is 8.35. The summed E-state index contributed by atoms with van der Waals surface area (Å²) in [7, 11) is 0. The highest BCUT2D eigenvalue weighted by Crippen LogP contribution is 2.59. The van der Waals surface area contributed by atoms with Crippen LogP contribution in [0.25, 0.3) is 0 Å². The van der Waals surface area contributed by atoms with Crippen LogP contribution in [-0.4, -0.2) is 17.4 Å². The molecule has 1 aromatic carbocycles. The van der Waals surface area contributed by atoms with Crippen molar-refractivity contribution >= 4 is 35.1 Å². The molecule has 2 unspecified atom stereocenters. The summed E-state index contributed by atoms with van der Waals surface area (Å²) in [5.74, 6) is 3.02. The van der Waals surface area contributed by atoms with Crippen LogP contribution in [0, 0.1) is 17.3 Å². The molecule has 1 aromatic rings. The second kappa shape index (κ2) is 6.56. The predicted octanol–water partition coefficient (Wildman–Crippen LogP) is 5.34. The molecular weight excluding hydrogens is 322 g/mol. The van der Waals surface area contributed by atoms with Crippen molar-refractivity contribution in [2.45, 2.75) is 32.3 Å². The molecule has 0 radical (unpaired) electrons. The summed E-state index contributed by atoms with van der Waals surface area (Å²) < 4.78 is 0.516. The molecule has 3 rings (SSSR count). The summed E-state index contributed by atoms with van der Waals surface area (Å²) in [5, 5.41) is 3.14. The molecule has 124 valence electrons. The Hall–Kier alpha value is -0.870. The molecule has 0 spiro atoms. The van der Waals surface area contributed by atoms with Crippen molar-refractivity contribution in [1.82, 2.24) is 0 Å². The van der Waals surface area contributed by atoms with Gasteiger partial charge in [0.15, 0.2) is 0 Å². The van der Waals surface area contributed by atoms with Crippen LogP contribution in [0.4, 0.5) is 5.69 Å². The molecule has 2 atom stereocenters. The van der Waals surface area contributed by atoms with Crippen molar-refractivity contribution < 1.29 is 4.79 Å². The van der Waals surface area contributed by atoms with E-state index in [9.17, 15) is 4.79 Å². The monoisotopic (exact) mass is 347 g/mol. The summed E-state index contributed by atoms with van der Waals surface area (Å²) in [6.45, 7) is 8.57. The fourth-order valence-electron chi connectivity index (χ4n) is 3.38. The maximum atomic E-state index is 12.7. The van der Waals surface area contributed by atoms with E-state index in [1.807, 2.05) is 29.6 Å². The summed E-state index contributed by atoms with van der Waals surface area (Å²) in [4.78, 5) is 12.7. The maximum Gasteiger partial charge on any atom is 0.228 e. The van der Waals surface area contributed by atoms with E-state index in [1.54, 1.807) is 0 Å². The molecule has 0 bridgehead atoms. The van der Waals surface area contributed by atoms with Crippen molar-refractivity contribution in [3.8, 4) is 0 Å². The lowest BCUT2D eigenvalue weighted by atomic mass is 10.1. The fourth-order valence-corrected chi connectivity index (χ4v) is 6.22. The van der Waals surface area contributed by atoms with Gasteiger partial charge in [0.05, 0.1) is 10.5 Å². The minimum absolute atomic E-state index is 0.0656. The minimum atomic E-state index is 0.0656. The summed E-state index contributed by atoms with van der Waals surface area (Å²) >= 11 is 3.98. The number of hydrogen-bond acceptors (Lipinski definition) is 3. The van der Waals surface area contributed by atoms with Gasteiger partial charge in [-0.2, -0.15) is 0 Å². The first-order valence-corrected chi connectivity index (χ1v) is 10.3. The molecule has 1 aliphatic carbocycles. The van der Waals surface area contributed by atoms with E-state index in [-0.39, 0.29) is 17.2 Å². The van der Waals surface area contributed by atoms with Gasteiger partial charge in [-0.05, 0) is 42.9 Å². The first-order valence-electron chi connectivity index (χ1n) is 8.18. The van der Waals surface area contributed by atoms with Gasteiger partial charge >= 0.3 is 0 Å². The highest BCUT2D eigenvalue weighted by molar-refractivity contribution is 8.19. The van der Waals surface area contributed by atoms with Crippen LogP contribution in [0.5, 0.6) is 0 Å². The van der Waals surface area contributed by atoms with Gasteiger partial charge in [-0.25, -0.2) is 0 Å². The van der Waals surface area contributed by atoms with E-state index in [4.69, 9.17) is 0 Å². The number of rotatable bonds is 4. The van der Waals surface area contributed by atoms with Crippen molar-refractivity contribution in [2.75, 3.05) is 16.8 Å². The zero-order valence-corrected chi connectivity index (χ0v) is 15.9. The number of anilines is 1. The number of benzene rings is 1. The second-order valence-electron chi connectivity index (χ2n) is 7.26. The molecule has 1 saturated heterocycles. The molecule has 1 heterocycles. The SMILES string of the molecule is CC(C)=CC1C(C(=O)Nc2cccc(C3SCCS3)c2)C1(C)C.